The van der Waals surface area contributed by atoms with Gasteiger partial charge in [0.2, 0.25) is 0 Å². The number of alkyl halides is 1. The van der Waals surface area contributed by atoms with Gasteiger partial charge in [-0.3, -0.25) is 0 Å². The minimum absolute atomic E-state index is 0.434. The second-order valence-corrected chi connectivity index (χ2v) is 4.51. The van der Waals surface area contributed by atoms with E-state index in [0.29, 0.717) is 4.83 Å². The van der Waals surface area contributed by atoms with Crippen LogP contribution in [0, 0.1) is 0 Å². The van der Waals surface area contributed by atoms with Gasteiger partial charge in [-0.2, -0.15) is 0 Å². The third-order valence-electron chi connectivity index (χ3n) is 2.20. The molecule has 0 fully saturated rings. The molecule has 0 aliphatic carbocycles. The van der Waals surface area contributed by atoms with Crippen LogP contribution in [0.4, 0.5) is 0 Å². The molecule has 1 aromatic carbocycles. The third kappa shape index (κ3) is 1.41. The summed E-state index contributed by atoms with van der Waals surface area (Å²) in [4.78, 5) is 0.434. The lowest BCUT2D eigenvalue weighted by molar-refractivity contribution is 0.134. The van der Waals surface area contributed by atoms with E-state index in [0.717, 1.165) is 13.2 Å². The van der Waals surface area contributed by atoms with E-state index in [2.05, 4.69) is 41.1 Å². The van der Waals surface area contributed by atoms with E-state index >= 15 is 0 Å². The van der Waals surface area contributed by atoms with Crippen LogP contribution in [0.5, 0.6) is 0 Å². The normalized spacial score (nSPS) is 17.5. The van der Waals surface area contributed by atoms with Crippen molar-refractivity contribution in [2.24, 2.45) is 0 Å². The molecule has 0 aromatic heterocycles. The first-order chi connectivity index (χ1) is 5.77. The fraction of sp³-hybridized carbons (Fsp3) is 0.400. The quantitative estimate of drug-likeness (QED) is 0.669. The SMILES string of the molecule is CC(Br)c1ccc2c(c1)COC2. The van der Waals surface area contributed by atoms with Gasteiger partial charge in [-0.25, -0.2) is 0 Å². The number of hydrogen-bond acceptors (Lipinski definition) is 1. The second-order valence-electron chi connectivity index (χ2n) is 3.14. The Kier molecular flexibility index (Phi) is 2.20. The standard InChI is InChI=1S/C10H11BrO/c1-7(11)8-2-3-9-5-12-6-10(9)4-8/h2-4,7H,5-6H2,1H3. The minimum Gasteiger partial charge on any atom is -0.372 e. The maximum Gasteiger partial charge on any atom is 0.0725 e. The molecule has 1 aromatic rings. The van der Waals surface area contributed by atoms with Crippen molar-refractivity contribution in [3.8, 4) is 0 Å². The highest BCUT2D eigenvalue weighted by Gasteiger charge is 2.12. The summed E-state index contributed by atoms with van der Waals surface area (Å²) in [6.45, 7) is 3.70. The predicted octanol–water partition coefficient (Wildman–Crippen LogP) is 3.17. The maximum absolute atomic E-state index is 5.33. The zero-order chi connectivity index (χ0) is 8.55. The van der Waals surface area contributed by atoms with Gasteiger partial charge in [0.1, 0.15) is 0 Å². The van der Waals surface area contributed by atoms with E-state index in [4.69, 9.17) is 4.74 Å². The third-order valence-corrected chi connectivity index (χ3v) is 2.73. The number of hydrogen-bond donors (Lipinski definition) is 0. The van der Waals surface area contributed by atoms with Crippen LogP contribution in [0.3, 0.4) is 0 Å². The molecule has 64 valence electrons. The van der Waals surface area contributed by atoms with Crippen molar-refractivity contribution in [1.82, 2.24) is 0 Å². The van der Waals surface area contributed by atoms with Gasteiger partial charge in [-0.15, -0.1) is 0 Å². The van der Waals surface area contributed by atoms with Crippen molar-refractivity contribution in [3.05, 3.63) is 34.9 Å². The lowest BCUT2D eigenvalue weighted by Gasteiger charge is -2.04. The van der Waals surface area contributed by atoms with Crippen molar-refractivity contribution in [1.29, 1.82) is 0 Å². The number of ether oxygens (including phenoxy) is 1. The first kappa shape index (κ1) is 8.27. The van der Waals surface area contributed by atoms with E-state index in [9.17, 15) is 0 Å². The Morgan fingerprint density at radius 2 is 2.08 bits per heavy atom. The molecule has 0 spiro atoms. The van der Waals surface area contributed by atoms with Crippen molar-refractivity contribution in [2.45, 2.75) is 25.0 Å². The average Bonchev–Trinajstić information content (AvgIpc) is 2.49. The Balaban J connectivity index is 2.39. The van der Waals surface area contributed by atoms with Crippen LogP contribution >= 0.6 is 15.9 Å². The molecule has 1 aliphatic heterocycles. The smallest absolute Gasteiger partial charge is 0.0725 e. The zero-order valence-corrected chi connectivity index (χ0v) is 8.60. The molecule has 1 nitrogen and oxygen atoms in total. The second kappa shape index (κ2) is 3.19. The molecule has 2 rings (SSSR count). The van der Waals surface area contributed by atoms with Crippen LogP contribution < -0.4 is 0 Å². The molecule has 1 unspecified atom stereocenters. The number of rotatable bonds is 1. The highest BCUT2D eigenvalue weighted by molar-refractivity contribution is 9.09. The van der Waals surface area contributed by atoms with E-state index in [-0.39, 0.29) is 0 Å². The van der Waals surface area contributed by atoms with Gasteiger partial charge in [0.15, 0.2) is 0 Å². The minimum atomic E-state index is 0.434. The van der Waals surface area contributed by atoms with Crippen LogP contribution in [-0.4, -0.2) is 0 Å². The van der Waals surface area contributed by atoms with Crippen molar-refractivity contribution < 1.29 is 4.74 Å². The predicted molar refractivity (Wildman–Crippen MR) is 52.3 cm³/mol. The molecule has 0 saturated carbocycles. The first-order valence-electron chi connectivity index (χ1n) is 4.11. The molecule has 0 bridgehead atoms. The number of benzene rings is 1. The monoisotopic (exact) mass is 226 g/mol. The van der Waals surface area contributed by atoms with Gasteiger partial charge in [0.25, 0.3) is 0 Å². The molecular formula is C10H11BrO. The lowest BCUT2D eigenvalue weighted by atomic mass is 10.1. The molecule has 1 heterocycles. The summed E-state index contributed by atoms with van der Waals surface area (Å²) in [6.07, 6.45) is 0. The Morgan fingerprint density at radius 1 is 1.33 bits per heavy atom. The Bertz CT molecular complexity index is 294. The van der Waals surface area contributed by atoms with Gasteiger partial charge >= 0.3 is 0 Å². The van der Waals surface area contributed by atoms with Crippen molar-refractivity contribution >= 4 is 15.9 Å². The summed E-state index contributed by atoms with van der Waals surface area (Å²) in [6, 6.07) is 6.55. The molecular weight excluding hydrogens is 216 g/mol. The molecule has 1 aliphatic rings. The van der Waals surface area contributed by atoms with Gasteiger partial charge in [0.05, 0.1) is 13.2 Å². The molecule has 0 saturated heterocycles. The average molecular weight is 227 g/mol. The summed E-state index contributed by atoms with van der Waals surface area (Å²) in [7, 11) is 0. The number of halogens is 1. The van der Waals surface area contributed by atoms with Crippen molar-refractivity contribution in [2.75, 3.05) is 0 Å². The summed E-state index contributed by atoms with van der Waals surface area (Å²) in [5.74, 6) is 0. The fourth-order valence-electron chi connectivity index (χ4n) is 1.44. The van der Waals surface area contributed by atoms with Gasteiger partial charge in [-0.05, 0) is 23.6 Å². The molecule has 12 heavy (non-hydrogen) atoms. The fourth-order valence-corrected chi connectivity index (χ4v) is 1.72. The van der Waals surface area contributed by atoms with Crippen LogP contribution in [0.25, 0.3) is 0 Å². The summed E-state index contributed by atoms with van der Waals surface area (Å²) in [5.41, 5.74) is 4.02. The molecule has 2 heteroatoms. The van der Waals surface area contributed by atoms with Crippen LogP contribution in [0.15, 0.2) is 18.2 Å². The summed E-state index contributed by atoms with van der Waals surface area (Å²) < 4.78 is 5.33. The van der Waals surface area contributed by atoms with E-state index in [1.807, 2.05) is 0 Å². The lowest BCUT2D eigenvalue weighted by Crippen LogP contribution is -1.88. The van der Waals surface area contributed by atoms with E-state index in [1.165, 1.54) is 16.7 Å². The van der Waals surface area contributed by atoms with Gasteiger partial charge in [-0.1, -0.05) is 34.1 Å². The highest BCUT2D eigenvalue weighted by Crippen LogP contribution is 2.27. The molecule has 0 N–H and O–H groups in total. The molecule has 0 amide bonds. The highest BCUT2D eigenvalue weighted by atomic mass is 79.9. The van der Waals surface area contributed by atoms with Gasteiger partial charge < -0.3 is 4.74 Å². The zero-order valence-electron chi connectivity index (χ0n) is 7.01. The van der Waals surface area contributed by atoms with E-state index < -0.39 is 0 Å². The summed E-state index contributed by atoms with van der Waals surface area (Å²) in [5, 5.41) is 0. The van der Waals surface area contributed by atoms with Crippen LogP contribution in [0.2, 0.25) is 0 Å². The van der Waals surface area contributed by atoms with E-state index in [1.54, 1.807) is 0 Å². The Hall–Kier alpha value is -0.340. The summed E-state index contributed by atoms with van der Waals surface area (Å²) >= 11 is 3.55. The topological polar surface area (TPSA) is 9.23 Å². The van der Waals surface area contributed by atoms with Crippen LogP contribution in [-0.2, 0) is 18.0 Å². The number of fused-ring (bicyclic) bond motifs is 1. The molecule has 0 radical (unpaired) electrons. The maximum atomic E-state index is 5.33. The largest absolute Gasteiger partial charge is 0.372 e. The first-order valence-corrected chi connectivity index (χ1v) is 5.02. The Labute approximate surface area is 80.9 Å². The molecule has 1 atom stereocenters. The van der Waals surface area contributed by atoms with Crippen molar-refractivity contribution in [3.63, 3.8) is 0 Å². The van der Waals surface area contributed by atoms with Gasteiger partial charge in [0, 0.05) is 4.83 Å². The van der Waals surface area contributed by atoms with Crippen LogP contribution in [0.1, 0.15) is 28.4 Å². The Morgan fingerprint density at radius 3 is 2.83 bits per heavy atom.